The maximum atomic E-state index is 12.3. The number of rotatable bonds is 6. The number of carbonyl (C=O) groups excluding carboxylic acids is 2. The minimum Gasteiger partial charge on any atom is -0.317 e. The lowest BCUT2D eigenvalue weighted by atomic mass is 10.3. The second kappa shape index (κ2) is 7.77. The molecule has 1 N–H and O–H groups in total. The molecule has 0 unspecified atom stereocenters. The summed E-state index contributed by atoms with van der Waals surface area (Å²) in [4.78, 5) is 28.6. The van der Waals surface area contributed by atoms with Gasteiger partial charge in [0.1, 0.15) is 12.5 Å². The number of aliphatic imine (C=N–C) groups is 1. The number of amides is 2. The lowest BCUT2D eigenvalue weighted by Crippen LogP contribution is -2.32. The summed E-state index contributed by atoms with van der Waals surface area (Å²) < 4.78 is 12.3. The number of amidine groups is 1. The molecule has 0 radical (unpaired) electrons. The Morgan fingerprint density at radius 3 is 2.55 bits per heavy atom. The van der Waals surface area contributed by atoms with Crippen molar-refractivity contribution in [3.05, 3.63) is 12.3 Å². The molecule has 1 saturated carbocycles. The Kier molecular flexibility index (Phi) is 6.35. The topological polar surface area (TPSA) is 61.8 Å². The molecule has 5 nitrogen and oxygen atoms in total. The lowest BCUT2D eigenvalue weighted by molar-refractivity contribution is -0.126. The molecule has 0 aromatic carbocycles. The maximum absolute atomic E-state index is 12.3. The van der Waals surface area contributed by atoms with Crippen LogP contribution in [-0.4, -0.2) is 41.8 Å². The molecule has 0 spiro atoms. The number of halogens is 1. The second-order valence-corrected chi connectivity index (χ2v) is 5.09. The van der Waals surface area contributed by atoms with Gasteiger partial charge in [-0.2, -0.15) is 0 Å². The average molecular weight is 283 g/mol. The van der Waals surface area contributed by atoms with E-state index in [4.69, 9.17) is 0 Å². The Bertz CT molecular complexity index is 415. The van der Waals surface area contributed by atoms with E-state index in [1.54, 1.807) is 0 Å². The molecule has 20 heavy (non-hydrogen) atoms. The number of hydrogen-bond acceptors (Lipinski definition) is 3. The van der Waals surface area contributed by atoms with Gasteiger partial charge in [-0.05, 0) is 32.8 Å². The fourth-order valence-corrected chi connectivity index (χ4v) is 1.56. The van der Waals surface area contributed by atoms with Crippen molar-refractivity contribution in [3.8, 4) is 0 Å². The third-order valence-corrected chi connectivity index (χ3v) is 2.74. The van der Waals surface area contributed by atoms with Gasteiger partial charge in [0.2, 0.25) is 11.8 Å². The van der Waals surface area contributed by atoms with Crippen LogP contribution in [0.2, 0.25) is 0 Å². The summed E-state index contributed by atoms with van der Waals surface area (Å²) in [7, 11) is 0. The number of nitrogens with zero attached hydrogens (tertiary/aromatic N) is 2. The summed E-state index contributed by atoms with van der Waals surface area (Å²) in [5.41, 5.74) is 0. The zero-order valence-electron chi connectivity index (χ0n) is 12.2. The van der Waals surface area contributed by atoms with Crippen LogP contribution in [-0.2, 0) is 9.59 Å². The molecule has 1 aliphatic carbocycles. The van der Waals surface area contributed by atoms with E-state index in [0.717, 1.165) is 12.8 Å². The van der Waals surface area contributed by atoms with E-state index in [-0.39, 0.29) is 30.3 Å². The van der Waals surface area contributed by atoms with E-state index in [2.05, 4.69) is 10.3 Å². The Morgan fingerprint density at radius 2 is 2.10 bits per heavy atom. The second-order valence-electron chi connectivity index (χ2n) is 5.09. The molecule has 6 heteroatoms. The van der Waals surface area contributed by atoms with Crippen LogP contribution in [0.4, 0.5) is 4.39 Å². The highest BCUT2D eigenvalue weighted by Gasteiger charge is 2.29. The fraction of sp³-hybridized carbons (Fsp3) is 0.643. The van der Waals surface area contributed by atoms with E-state index in [1.807, 2.05) is 13.8 Å². The van der Waals surface area contributed by atoms with Gasteiger partial charge in [-0.3, -0.25) is 14.6 Å². The Labute approximate surface area is 118 Å². The molecule has 1 aliphatic rings. The van der Waals surface area contributed by atoms with Gasteiger partial charge in [0.25, 0.3) is 0 Å². The Balaban J connectivity index is 2.71. The van der Waals surface area contributed by atoms with Crippen molar-refractivity contribution in [2.45, 2.75) is 39.7 Å². The molecule has 2 amide bonds. The van der Waals surface area contributed by atoms with Gasteiger partial charge in [-0.1, -0.05) is 0 Å². The highest BCUT2D eigenvalue weighted by Crippen LogP contribution is 2.28. The van der Waals surface area contributed by atoms with Crippen LogP contribution in [0.25, 0.3) is 0 Å². The highest BCUT2D eigenvalue weighted by molar-refractivity contribution is 6.05. The molecule has 1 rings (SSSR count). The normalized spacial score (nSPS) is 15.8. The largest absolute Gasteiger partial charge is 0.317 e. The quantitative estimate of drug-likeness (QED) is 0.595. The first-order chi connectivity index (χ1) is 9.43. The third kappa shape index (κ3) is 5.95. The molecule has 0 heterocycles. The van der Waals surface area contributed by atoms with E-state index >= 15 is 0 Å². The van der Waals surface area contributed by atoms with Crippen LogP contribution in [0, 0.1) is 5.92 Å². The van der Waals surface area contributed by atoms with E-state index in [0.29, 0.717) is 5.84 Å². The van der Waals surface area contributed by atoms with Crippen LogP contribution in [0.15, 0.2) is 17.3 Å². The lowest BCUT2D eigenvalue weighted by Gasteiger charge is -2.14. The molecule has 1 fully saturated rings. The molecule has 112 valence electrons. The summed E-state index contributed by atoms with van der Waals surface area (Å²) >= 11 is 0. The monoisotopic (exact) mass is 283 g/mol. The molecule has 0 aliphatic heterocycles. The smallest absolute Gasteiger partial charge is 0.228 e. The minimum atomic E-state index is -0.616. The van der Waals surface area contributed by atoms with Gasteiger partial charge in [-0.25, -0.2) is 4.39 Å². The van der Waals surface area contributed by atoms with Gasteiger partial charge in [0.05, 0.1) is 6.54 Å². The number of hydrogen-bond donors (Lipinski definition) is 1. The van der Waals surface area contributed by atoms with Crippen LogP contribution < -0.4 is 5.32 Å². The predicted octanol–water partition coefficient (Wildman–Crippen LogP) is 1.65. The van der Waals surface area contributed by atoms with Crippen molar-refractivity contribution in [1.82, 2.24) is 10.2 Å². The van der Waals surface area contributed by atoms with Crippen molar-refractivity contribution in [2.24, 2.45) is 10.9 Å². The number of alkyl halides is 1. The number of carbonyl (C=O) groups is 2. The first-order valence-corrected chi connectivity index (χ1v) is 6.84. The van der Waals surface area contributed by atoms with Gasteiger partial charge in [-0.15, -0.1) is 0 Å². The van der Waals surface area contributed by atoms with Gasteiger partial charge in [0.15, 0.2) is 0 Å². The van der Waals surface area contributed by atoms with Crippen molar-refractivity contribution in [1.29, 1.82) is 0 Å². The first-order valence-electron chi connectivity index (χ1n) is 6.84. The zero-order valence-corrected chi connectivity index (χ0v) is 12.2. The van der Waals surface area contributed by atoms with Crippen molar-refractivity contribution in [2.75, 3.05) is 13.2 Å². The Hall–Kier alpha value is -1.72. The zero-order chi connectivity index (χ0) is 15.1. The molecular weight excluding hydrogens is 261 g/mol. The van der Waals surface area contributed by atoms with Gasteiger partial charge < -0.3 is 10.2 Å². The summed E-state index contributed by atoms with van der Waals surface area (Å²) in [6.45, 7) is 4.53. The maximum Gasteiger partial charge on any atom is 0.228 e. The van der Waals surface area contributed by atoms with Crippen LogP contribution in [0.5, 0.6) is 0 Å². The van der Waals surface area contributed by atoms with Crippen molar-refractivity contribution < 1.29 is 14.0 Å². The average Bonchev–Trinajstić information content (AvgIpc) is 3.16. The molecule has 0 atom stereocenters. The highest BCUT2D eigenvalue weighted by atomic mass is 19.1. The summed E-state index contributed by atoms with van der Waals surface area (Å²) in [6, 6.07) is 0.0149. The molecule has 0 saturated heterocycles. The van der Waals surface area contributed by atoms with E-state index in [9.17, 15) is 14.0 Å². The van der Waals surface area contributed by atoms with E-state index in [1.165, 1.54) is 24.1 Å². The molecular formula is C14H22FN3O2. The van der Waals surface area contributed by atoms with Crippen LogP contribution in [0.3, 0.4) is 0 Å². The fourth-order valence-electron chi connectivity index (χ4n) is 1.56. The minimum absolute atomic E-state index is 0.00262. The standard InChI is InChI=1S/C14H22FN3O2/c1-10(2)16-13(17-14(20)12-4-5-12)6-8-18(9-7-15)11(3)19/h6,8,10,12H,4-5,7,9H2,1-3H3,(H,16,17,20)/b8-6+. The third-order valence-electron chi connectivity index (χ3n) is 2.74. The summed E-state index contributed by atoms with van der Waals surface area (Å²) in [5, 5.41) is 2.74. The molecule has 0 aromatic heterocycles. The summed E-state index contributed by atoms with van der Waals surface area (Å²) in [6.07, 6.45) is 4.81. The number of nitrogens with one attached hydrogen (secondary N) is 1. The van der Waals surface area contributed by atoms with Crippen molar-refractivity contribution >= 4 is 17.6 Å². The van der Waals surface area contributed by atoms with Crippen LogP contribution >= 0.6 is 0 Å². The SMILES string of the molecule is CC(=O)N(/C=C/C(=NC(C)C)NC(=O)C1CC1)CCF. The van der Waals surface area contributed by atoms with Crippen LogP contribution in [0.1, 0.15) is 33.6 Å². The summed E-state index contributed by atoms with van der Waals surface area (Å²) in [5.74, 6) is 0.183. The van der Waals surface area contributed by atoms with E-state index < -0.39 is 6.67 Å². The van der Waals surface area contributed by atoms with Gasteiger partial charge in [0, 0.05) is 25.1 Å². The Morgan fingerprint density at radius 1 is 1.45 bits per heavy atom. The molecule has 0 bridgehead atoms. The predicted molar refractivity (Wildman–Crippen MR) is 75.9 cm³/mol. The molecule has 0 aromatic rings. The van der Waals surface area contributed by atoms with Crippen molar-refractivity contribution in [3.63, 3.8) is 0 Å². The van der Waals surface area contributed by atoms with Gasteiger partial charge >= 0.3 is 0 Å². The first kappa shape index (κ1) is 16.3.